The maximum Gasteiger partial charge on any atom is 0.295 e. The van der Waals surface area contributed by atoms with Crippen LogP contribution >= 0.6 is 0 Å². The number of carbonyl (C=O) groups excluding carboxylic acids is 2. The summed E-state index contributed by atoms with van der Waals surface area (Å²) in [5.41, 5.74) is 1.00. The molecule has 0 saturated carbocycles. The Hall–Kier alpha value is -3.72. The molecular weight excluding hydrogens is 452 g/mol. The average Bonchev–Trinajstić information content (AvgIpc) is 3.12. The number of Topliss-reactive ketones (excluding diaryl/α,β-unsaturated/α-hetero) is 1. The van der Waals surface area contributed by atoms with Gasteiger partial charge in [0.2, 0.25) is 0 Å². The van der Waals surface area contributed by atoms with E-state index in [0.29, 0.717) is 67.0 Å². The first-order valence-electron chi connectivity index (χ1n) is 11.5. The van der Waals surface area contributed by atoms with Crippen LogP contribution in [0.25, 0.3) is 5.76 Å². The number of aliphatic hydroxyl groups excluding tert-OH is 1. The molecule has 1 N–H and O–H groups in total. The minimum absolute atomic E-state index is 0.0108. The highest BCUT2D eigenvalue weighted by molar-refractivity contribution is 6.46. The van der Waals surface area contributed by atoms with Gasteiger partial charge in [0.25, 0.3) is 11.7 Å². The highest BCUT2D eigenvalue weighted by Crippen LogP contribution is 2.43. The molecule has 4 rings (SSSR count). The predicted molar refractivity (Wildman–Crippen MR) is 129 cm³/mol. The van der Waals surface area contributed by atoms with Gasteiger partial charge in [-0.25, -0.2) is 0 Å². The molecule has 1 amide bonds. The molecule has 2 aromatic carbocycles. The number of likely N-dealkylation sites (N-methyl/N-ethyl adjacent to an activating group) is 1. The summed E-state index contributed by atoms with van der Waals surface area (Å²) in [6, 6.07) is 9.41. The second kappa shape index (κ2) is 10.3. The summed E-state index contributed by atoms with van der Waals surface area (Å²) in [5, 5.41) is 11.3. The van der Waals surface area contributed by atoms with Gasteiger partial charge in [-0.2, -0.15) is 0 Å². The van der Waals surface area contributed by atoms with Crippen LogP contribution in [-0.4, -0.2) is 80.7 Å². The Labute approximate surface area is 204 Å². The standard InChI is InChI=1S/C26H30N2O7/c1-5-33-18-8-6-16(14-20(18)32-4)23-22(25(30)26(31)28(23)11-10-27(2)3)24(29)17-7-9-19-21(15-17)35-13-12-34-19/h6-9,14-15,23,29H,5,10-13H2,1-4H3/t23-/m1/s1. The van der Waals surface area contributed by atoms with Crippen molar-refractivity contribution in [3.63, 3.8) is 0 Å². The predicted octanol–water partition coefficient (Wildman–Crippen LogP) is 2.85. The number of hydrogen-bond donors (Lipinski definition) is 1. The van der Waals surface area contributed by atoms with E-state index in [2.05, 4.69) is 0 Å². The number of likely N-dealkylation sites (tertiary alicyclic amines) is 1. The van der Waals surface area contributed by atoms with E-state index in [4.69, 9.17) is 18.9 Å². The van der Waals surface area contributed by atoms with Crippen LogP contribution in [0, 0.1) is 0 Å². The molecule has 1 atom stereocenters. The van der Waals surface area contributed by atoms with E-state index in [1.807, 2.05) is 25.9 Å². The van der Waals surface area contributed by atoms with E-state index in [1.165, 1.54) is 12.0 Å². The Bertz CT molecular complexity index is 1160. The molecule has 1 fully saturated rings. The van der Waals surface area contributed by atoms with Crippen molar-refractivity contribution >= 4 is 17.4 Å². The van der Waals surface area contributed by atoms with Crippen LogP contribution in [0.4, 0.5) is 0 Å². The van der Waals surface area contributed by atoms with E-state index in [0.717, 1.165) is 0 Å². The lowest BCUT2D eigenvalue weighted by Crippen LogP contribution is -2.35. The molecule has 186 valence electrons. The number of ketones is 1. The van der Waals surface area contributed by atoms with Crippen LogP contribution in [0.15, 0.2) is 42.0 Å². The number of benzene rings is 2. The minimum atomic E-state index is -0.798. The summed E-state index contributed by atoms with van der Waals surface area (Å²) in [6.07, 6.45) is 0. The molecule has 2 aliphatic heterocycles. The SMILES string of the molecule is CCOc1ccc([C@@H]2C(=C(O)c3ccc4c(c3)OCCO4)C(=O)C(=O)N2CCN(C)C)cc1OC. The molecule has 9 heteroatoms. The first-order chi connectivity index (χ1) is 16.8. The van der Waals surface area contributed by atoms with Gasteiger partial charge in [-0.3, -0.25) is 9.59 Å². The quantitative estimate of drug-likeness (QED) is 0.349. The van der Waals surface area contributed by atoms with Gasteiger partial charge in [0, 0.05) is 18.7 Å². The zero-order valence-electron chi connectivity index (χ0n) is 20.4. The molecule has 2 aliphatic rings. The number of ether oxygens (including phenoxy) is 4. The van der Waals surface area contributed by atoms with Gasteiger partial charge in [-0.1, -0.05) is 6.07 Å². The Morgan fingerprint density at radius 2 is 1.83 bits per heavy atom. The van der Waals surface area contributed by atoms with Gasteiger partial charge in [-0.05, 0) is 56.9 Å². The molecule has 2 heterocycles. The summed E-state index contributed by atoms with van der Waals surface area (Å²) in [4.78, 5) is 29.8. The molecule has 0 unspecified atom stereocenters. The normalized spacial score (nSPS) is 18.8. The zero-order chi connectivity index (χ0) is 25.1. The van der Waals surface area contributed by atoms with Crippen LogP contribution in [0.2, 0.25) is 0 Å². The lowest BCUT2D eigenvalue weighted by atomic mass is 9.94. The monoisotopic (exact) mass is 482 g/mol. The van der Waals surface area contributed by atoms with Crippen molar-refractivity contribution in [1.29, 1.82) is 0 Å². The smallest absolute Gasteiger partial charge is 0.295 e. The fraction of sp³-hybridized carbons (Fsp3) is 0.385. The molecule has 2 aromatic rings. The van der Waals surface area contributed by atoms with Crippen molar-refractivity contribution in [3.8, 4) is 23.0 Å². The summed E-state index contributed by atoms with van der Waals surface area (Å²) in [5.74, 6) is 0.384. The van der Waals surface area contributed by atoms with Gasteiger partial charge in [-0.15, -0.1) is 0 Å². The average molecular weight is 483 g/mol. The van der Waals surface area contributed by atoms with Crippen LogP contribution in [0.5, 0.6) is 23.0 Å². The molecule has 35 heavy (non-hydrogen) atoms. The Balaban J connectivity index is 1.84. The second-order valence-corrected chi connectivity index (χ2v) is 8.50. The van der Waals surface area contributed by atoms with Crippen molar-refractivity contribution < 1.29 is 33.6 Å². The molecule has 0 bridgehead atoms. The summed E-state index contributed by atoms with van der Waals surface area (Å²) < 4.78 is 22.3. The number of rotatable bonds is 8. The molecule has 1 saturated heterocycles. The third kappa shape index (κ3) is 4.77. The molecule has 0 aromatic heterocycles. The van der Waals surface area contributed by atoms with E-state index < -0.39 is 17.7 Å². The third-order valence-corrected chi connectivity index (χ3v) is 5.95. The van der Waals surface area contributed by atoms with Gasteiger partial charge in [0.15, 0.2) is 23.0 Å². The third-order valence-electron chi connectivity index (χ3n) is 5.95. The number of carbonyl (C=O) groups is 2. The van der Waals surface area contributed by atoms with Crippen molar-refractivity contribution in [2.75, 3.05) is 54.1 Å². The number of aliphatic hydroxyl groups is 1. The minimum Gasteiger partial charge on any atom is -0.507 e. The van der Waals surface area contributed by atoms with Gasteiger partial charge in [0.05, 0.1) is 25.3 Å². The number of amides is 1. The van der Waals surface area contributed by atoms with Crippen LogP contribution in [-0.2, 0) is 9.59 Å². The number of fused-ring (bicyclic) bond motifs is 1. The largest absolute Gasteiger partial charge is 0.507 e. The molecule has 0 aliphatic carbocycles. The first-order valence-corrected chi connectivity index (χ1v) is 11.5. The van der Waals surface area contributed by atoms with E-state index in [1.54, 1.807) is 36.4 Å². The van der Waals surface area contributed by atoms with E-state index >= 15 is 0 Å². The summed E-state index contributed by atoms with van der Waals surface area (Å²) in [6.45, 7) is 4.00. The number of methoxy groups -OCH3 is 1. The maximum atomic E-state index is 13.2. The summed E-state index contributed by atoms with van der Waals surface area (Å²) in [7, 11) is 5.31. The van der Waals surface area contributed by atoms with Crippen molar-refractivity contribution in [2.45, 2.75) is 13.0 Å². The molecule has 9 nitrogen and oxygen atoms in total. The van der Waals surface area contributed by atoms with Crippen LogP contribution < -0.4 is 18.9 Å². The van der Waals surface area contributed by atoms with Crippen LogP contribution in [0.3, 0.4) is 0 Å². The Morgan fingerprint density at radius 1 is 1.09 bits per heavy atom. The molecule has 0 radical (unpaired) electrons. The summed E-state index contributed by atoms with van der Waals surface area (Å²) >= 11 is 0. The molecule has 0 spiro atoms. The fourth-order valence-corrected chi connectivity index (χ4v) is 4.24. The number of hydrogen-bond acceptors (Lipinski definition) is 8. The Morgan fingerprint density at radius 3 is 2.51 bits per heavy atom. The highest BCUT2D eigenvalue weighted by Gasteiger charge is 2.46. The van der Waals surface area contributed by atoms with E-state index in [-0.39, 0.29) is 11.3 Å². The van der Waals surface area contributed by atoms with Crippen molar-refractivity contribution in [1.82, 2.24) is 9.80 Å². The van der Waals surface area contributed by atoms with Crippen molar-refractivity contribution in [3.05, 3.63) is 53.1 Å². The van der Waals surface area contributed by atoms with Crippen molar-refractivity contribution in [2.24, 2.45) is 0 Å². The topological polar surface area (TPSA) is 97.8 Å². The fourth-order valence-electron chi connectivity index (χ4n) is 4.24. The van der Waals surface area contributed by atoms with Gasteiger partial charge < -0.3 is 33.9 Å². The highest BCUT2D eigenvalue weighted by atomic mass is 16.6. The lowest BCUT2D eigenvalue weighted by molar-refractivity contribution is -0.140. The number of nitrogens with zero attached hydrogens (tertiary/aromatic N) is 2. The second-order valence-electron chi connectivity index (χ2n) is 8.50. The van der Waals surface area contributed by atoms with Crippen LogP contribution in [0.1, 0.15) is 24.1 Å². The maximum absolute atomic E-state index is 13.2. The lowest BCUT2D eigenvalue weighted by Gasteiger charge is -2.27. The zero-order valence-corrected chi connectivity index (χ0v) is 20.4. The van der Waals surface area contributed by atoms with Gasteiger partial charge in [0.1, 0.15) is 19.0 Å². The van der Waals surface area contributed by atoms with Gasteiger partial charge >= 0.3 is 0 Å². The Kier molecular flexibility index (Phi) is 7.16. The van der Waals surface area contributed by atoms with E-state index in [9.17, 15) is 14.7 Å². The molecular formula is C26H30N2O7. The first kappa shape index (κ1) is 24.4.